The third-order valence-corrected chi connectivity index (χ3v) is 2.86. The SMILES string of the molecule is CCNCc1c(Cl)cccc1OCC(C)OC. The molecule has 96 valence electrons. The van der Waals surface area contributed by atoms with Gasteiger partial charge in [-0.05, 0) is 25.6 Å². The first kappa shape index (κ1) is 14.3. The highest BCUT2D eigenvalue weighted by atomic mass is 35.5. The van der Waals surface area contributed by atoms with E-state index in [2.05, 4.69) is 12.2 Å². The van der Waals surface area contributed by atoms with Crippen LogP contribution < -0.4 is 10.1 Å². The summed E-state index contributed by atoms with van der Waals surface area (Å²) in [5, 5.41) is 3.98. The lowest BCUT2D eigenvalue weighted by Gasteiger charge is -2.15. The summed E-state index contributed by atoms with van der Waals surface area (Å²) in [6.07, 6.45) is 0.0703. The predicted molar refractivity (Wildman–Crippen MR) is 70.8 cm³/mol. The monoisotopic (exact) mass is 257 g/mol. The molecule has 0 amide bonds. The molecular formula is C13H20ClNO2. The van der Waals surface area contributed by atoms with Crippen LogP contribution in [0.2, 0.25) is 5.02 Å². The fourth-order valence-electron chi connectivity index (χ4n) is 1.37. The average Bonchev–Trinajstić information content (AvgIpc) is 2.34. The molecule has 17 heavy (non-hydrogen) atoms. The molecule has 0 radical (unpaired) electrons. The van der Waals surface area contributed by atoms with Gasteiger partial charge < -0.3 is 14.8 Å². The van der Waals surface area contributed by atoms with Crippen LogP contribution in [0, 0.1) is 0 Å². The van der Waals surface area contributed by atoms with Crippen molar-refractivity contribution in [3.8, 4) is 5.75 Å². The molecule has 3 nitrogen and oxygen atoms in total. The molecule has 0 aliphatic heterocycles. The van der Waals surface area contributed by atoms with Crippen LogP contribution in [-0.4, -0.2) is 26.4 Å². The molecule has 0 heterocycles. The van der Waals surface area contributed by atoms with Crippen LogP contribution in [0.25, 0.3) is 0 Å². The van der Waals surface area contributed by atoms with Gasteiger partial charge in [0.15, 0.2) is 0 Å². The van der Waals surface area contributed by atoms with E-state index >= 15 is 0 Å². The standard InChI is InChI=1S/C13H20ClNO2/c1-4-15-8-11-12(14)6-5-7-13(11)17-9-10(2)16-3/h5-7,10,15H,4,8-9H2,1-3H3. The Balaban J connectivity index is 2.72. The second kappa shape index (κ2) is 7.54. The third-order valence-electron chi connectivity index (χ3n) is 2.50. The number of ether oxygens (including phenoxy) is 2. The Hall–Kier alpha value is -0.770. The van der Waals surface area contributed by atoms with Gasteiger partial charge >= 0.3 is 0 Å². The van der Waals surface area contributed by atoms with Crippen molar-refractivity contribution in [3.63, 3.8) is 0 Å². The second-order valence-electron chi connectivity index (χ2n) is 3.85. The van der Waals surface area contributed by atoms with Gasteiger partial charge in [0.05, 0.1) is 6.10 Å². The summed E-state index contributed by atoms with van der Waals surface area (Å²) in [6.45, 7) is 6.17. The maximum atomic E-state index is 6.16. The number of hydrogen-bond acceptors (Lipinski definition) is 3. The van der Waals surface area contributed by atoms with E-state index in [1.165, 1.54) is 0 Å². The molecule has 0 aliphatic rings. The molecule has 4 heteroatoms. The number of rotatable bonds is 7. The first-order chi connectivity index (χ1) is 8.19. The van der Waals surface area contributed by atoms with Crippen LogP contribution in [0.3, 0.4) is 0 Å². The maximum absolute atomic E-state index is 6.16. The normalized spacial score (nSPS) is 12.5. The van der Waals surface area contributed by atoms with E-state index in [9.17, 15) is 0 Å². The summed E-state index contributed by atoms with van der Waals surface area (Å²) in [5.41, 5.74) is 0.999. The zero-order valence-corrected chi connectivity index (χ0v) is 11.4. The molecular weight excluding hydrogens is 238 g/mol. The van der Waals surface area contributed by atoms with Gasteiger partial charge in [0.1, 0.15) is 12.4 Å². The van der Waals surface area contributed by atoms with Crippen LogP contribution >= 0.6 is 11.6 Å². The minimum Gasteiger partial charge on any atom is -0.491 e. The van der Waals surface area contributed by atoms with Crippen molar-refractivity contribution < 1.29 is 9.47 Å². The lowest BCUT2D eigenvalue weighted by atomic mass is 10.2. The Bertz CT molecular complexity index is 344. The minimum absolute atomic E-state index is 0.0703. The molecule has 0 fully saturated rings. The molecule has 1 N–H and O–H groups in total. The summed E-state index contributed by atoms with van der Waals surface area (Å²) in [4.78, 5) is 0. The van der Waals surface area contributed by atoms with Gasteiger partial charge in [-0.15, -0.1) is 0 Å². The van der Waals surface area contributed by atoms with Gasteiger partial charge in [0.2, 0.25) is 0 Å². The molecule has 1 aromatic rings. The fraction of sp³-hybridized carbons (Fsp3) is 0.538. The van der Waals surface area contributed by atoms with E-state index < -0.39 is 0 Å². The van der Waals surface area contributed by atoms with Crippen molar-refractivity contribution in [2.45, 2.75) is 26.5 Å². The zero-order chi connectivity index (χ0) is 12.7. The third kappa shape index (κ3) is 4.54. The van der Waals surface area contributed by atoms with Gasteiger partial charge in [-0.25, -0.2) is 0 Å². The number of methoxy groups -OCH3 is 1. The van der Waals surface area contributed by atoms with Gasteiger partial charge in [-0.2, -0.15) is 0 Å². The average molecular weight is 258 g/mol. The second-order valence-corrected chi connectivity index (χ2v) is 4.26. The Morgan fingerprint density at radius 2 is 2.18 bits per heavy atom. The highest BCUT2D eigenvalue weighted by Gasteiger charge is 2.09. The Morgan fingerprint density at radius 3 is 2.82 bits per heavy atom. The number of nitrogens with one attached hydrogen (secondary N) is 1. The lowest BCUT2D eigenvalue weighted by molar-refractivity contribution is 0.0713. The molecule has 0 bridgehead atoms. The van der Waals surface area contributed by atoms with Crippen LogP contribution in [0.5, 0.6) is 5.75 Å². The highest BCUT2D eigenvalue weighted by Crippen LogP contribution is 2.26. The molecule has 0 aliphatic carbocycles. The lowest BCUT2D eigenvalue weighted by Crippen LogP contribution is -2.18. The smallest absolute Gasteiger partial charge is 0.125 e. The first-order valence-corrected chi connectivity index (χ1v) is 6.20. The highest BCUT2D eigenvalue weighted by molar-refractivity contribution is 6.31. The molecule has 0 saturated heterocycles. The first-order valence-electron chi connectivity index (χ1n) is 5.82. The number of benzene rings is 1. The van der Waals surface area contributed by atoms with E-state index in [4.69, 9.17) is 21.1 Å². The molecule has 1 rings (SSSR count). The predicted octanol–water partition coefficient (Wildman–Crippen LogP) is 2.86. The van der Waals surface area contributed by atoms with Crippen molar-refractivity contribution in [1.82, 2.24) is 5.32 Å². The van der Waals surface area contributed by atoms with Crippen molar-refractivity contribution in [2.24, 2.45) is 0 Å². The van der Waals surface area contributed by atoms with E-state index in [0.717, 1.165) is 22.9 Å². The van der Waals surface area contributed by atoms with Crippen molar-refractivity contribution in [2.75, 3.05) is 20.3 Å². The van der Waals surface area contributed by atoms with E-state index in [1.54, 1.807) is 7.11 Å². The summed E-state index contributed by atoms with van der Waals surface area (Å²) >= 11 is 6.16. The van der Waals surface area contributed by atoms with Crippen molar-refractivity contribution in [1.29, 1.82) is 0 Å². The van der Waals surface area contributed by atoms with Gasteiger partial charge in [-0.3, -0.25) is 0 Å². The minimum atomic E-state index is 0.0703. The van der Waals surface area contributed by atoms with Crippen LogP contribution in [0.4, 0.5) is 0 Å². The van der Waals surface area contributed by atoms with Crippen LogP contribution in [0.15, 0.2) is 18.2 Å². The molecule has 1 atom stereocenters. The van der Waals surface area contributed by atoms with Gasteiger partial charge in [-0.1, -0.05) is 24.6 Å². The largest absolute Gasteiger partial charge is 0.491 e. The zero-order valence-electron chi connectivity index (χ0n) is 10.6. The Morgan fingerprint density at radius 1 is 1.41 bits per heavy atom. The summed E-state index contributed by atoms with van der Waals surface area (Å²) in [6, 6.07) is 5.70. The molecule has 0 aromatic heterocycles. The maximum Gasteiger partial charge on any atom is 0.125 e. The molecule has 0 saturated carbocycles. The van der Waals surface area contributed by atoms with Crippen LogP contribution in [0.1, 0.15) is 19.4 Å². The Kier molecular flexibility index (Phi) is 6.34. The van der Waals surface area contributed by atoms with Gasteiger partial charge in [0, 0.05) is 24.2 Å². The topological polar surface area (TPSA) is 30.5 Å². The summed E-state index contributed by atoms with van der Waals surface area (Å²) in [5.74, 6) is 0.822. The van der Waals surface area contributed by atoms with E-state index in [0.29, 0.717) is 13.2 Å². The van der Waals surface area contributed by atoms with E-state index in [-0.39, 0.29) is 6.10 Å². The fourth-order valence-corrected chi connectivity index (χ4v) is 1.60. The van der Waals surface area contributed by atoms with Crippen molar-refractivity contribution in [3.05, 3.63) is 28.8 Å². The van der Waals surface area contributed by atoms with Gasteiger partial charge in [0.25, 0.3) is 0 Å². The Labute approximate surface area is 108 Å². The van der Waals surface area contributed by atoms with Crippen LogP contribution in [-0.2, 0) is 11.3 Å². The van der Waals surface area contributed by atoms with E-state index in [1.807, 2.05) is 25.1 Å². The van der Waals surface area contributed by atoms with Crippen molar-refractivity contribution >= 4 is 11.6 Å². The quantitative estimate of drug-likeness (QED) is 0.815. The summed E-state index contributed by atoms with van der Waals surface area (Å²) < 4.78 is 10.9. The number of hydrogen-bond donors (Lipinski definition) is 1. The molecule has 1 unspecified atom stereocenters. The summed E-state index contributed by atoms with van der Waals surface area (Å²) in [7, 11) is 1.67. The molecule has 0 spiro atoms. The number of halogens is 1. The molecule has 1 aromatic carbocycles.